The van der Waals surface area contributed by atoms with Gasteiger partial charge in [0.05, 0.1) is 11.1 Å². The second-order valence-electron chi connectivity index (χ2n) is 4.39. The number of hydrogen-bond acceptors (Lipinski definition) is 3. The normalized spacial score (nSPS) is 12.5. The molecule has 0 amide bonds. The third-order valence-electron chi connectivity index (χ3n) is 2.90. The number of benzene rings is 1. The minimum Gasteiger partial charge on any atom is -0.389 e. The lowest BCUT2D eigenvalue weighted by Gasteiger charge is -2.09. The molecular weight excluding hydrogens is 267 g/mol. The second kappa shape index (κ2) is 5.63. The van der Waals surface area contributed by atoms with Crippen LogP contribution in [0.15, 0.2) is 24.4 Å². The Balaban J connectivity index is 2.29. The molecular formula is C14H14ClFN2O. The summed E-state index contributed by atoms with van der Waals surface area (Å²) in [4.78, 5) is 8.43. The minimum atomic E-state index is -0.614. The van der Waals surface area contributed by atoms with Crippen molar-refractivity contribution in [3.63, 3.8) is 0 Å². The third-order valence-corrected chi connectivity index (χ3v) is 3.19. The fraction of sp³-hybridized carbons (Fsp3) is 0.286. The molecule has 0 spiro atoms. The highest BCUT2D eigenvalue weighted by Gasteiger charge is 2.11. The van der Waals surface area contributed by atoms with Crippen LogP contribution in [0, 0.1) is 12.7 Å². The largest absolute Gasteiger partial charge is 0.389 e. The molecule has 0 radical (unpaired) electrons. The van der Waals surface area contributed by atoms with E-state index in [0.29, 0.717) is 22.6 Å². The molecule has 1 aromatic heterocycles. The van der Waals surface area contributed by atoms with E-state index in [1.807, 2.05) is 0 Å². The summed E-state index contributed by atoms with van der Waals surface area (Å²) in [6, 6.07) is 4.85. The van der Waals surface area contributed by atoms with Gasteiger partial charge in [0.15, 0.2) is 0 Å². The lowest BCUT2D eigenvalue weighted by Crippen LogP contribution is -2.05. The standard InChI is InChI=1S/C14H14ClFN2O/c1-8-11(9(2)19)7-17-13(18-8)6-10-4-3-5-12(15)14(10)16/h3-5,7,9,19H,6H2,1-2H3. The molecule has 0 fully saturated rings. The Bertz CT molecular complexity index is 602. The maximum Gasteiger partial charge on any atom is 0.145 e. The van der Waals surface area contributed by atoms with Crippen molar-refractivity contribution in [1.82, 2.24) is 9.97 Å². The molecule has 5 heteroatoms. The number of hydrogen-bond donors (Lipinski definition) is 1. The van der Waals surface area contributed by atoms with Gasteiger partial charge < -0.3 is 5.11 Å². The quantitative estimate of drug-likeness (QED) is 0.939. The number of halogens is 2. The van der Waals surface area contributed by atoms with Crippen molar-refractivity contribution in [2.75, 3.05) is 0 Å². The molecule has 0 aliphatic heterocycles. The van der Waals surface area contributed by atoms with Gasteiger partial charge in [-0.15, -0.1) is 0 Å². The summed E-state index contributed by atoms with van der Waals surface area (Å²) in [5.74, 6) is 0.0630. The number of aromatic nitrogens is 2. The molecule has 1 unspecified atom stereocenters. The first-order valence-corrected chi connectivity index (χ1v) is 6.30. The van der Waals surface area contributed by atoms with E-state index in [2.05, 4.69) is 9.97 Å². The van der Waals surface area contributed by atoms with Gasteiger partial charge in [-0.05, 0) is 25.5 Å². The molecule has 2 rings (SSSR count). The Hall–Kier alpha value is -1.52. The number of aliphatic hydroxyl groups excluding tert-OH is 1. The summed E-state index contributed by atoms with van der Waals surface area (Å²) in [7, 11) is 0. The SMILES string of the molecule is Cc1nc(Cc2cccc(Cl)c2F)ncc1C(C)O. The number of nitrogens with zero attached hydrogens (tertiary/aromatic N) is 2. The summed E-state index contributed by atoms with van der Waals surface area (Å²) in [5.41, 5.74) is 1.83. The Kier molecular flexibility index (Phi) is 4.12. The summed E-state index contributed by atoms with van der Waals surface area (Å²) in [6.07, 6.45) is 1.23. The third kappa shape index (κ3) is 3.08. The van der Waals surface area contributed by atoms with Crippen molar-refractivity contribution in [2.45, 2.75) is 26.4 Å². The average Bonchev–Trinajstić information content (AvgIpc) is 2.34. The molecule has 0 bridgehead atoms. The molecule has 0 aliphatic rings. The van der Waals surface area contributed by atoms with Gasteiger partial charge in [0.2, 0.25) is 0 Å². The molecule has 19 heavy (non-hydrogen) atoms. The van der Waals surface area contributed by atoms with Gasteiger partial charge in [-0.25, -0.2) is 14.4 Å². The van der Waals surface area contributed by atoms with Gasteiger partial charge in [-0.2, -0.15) is 0 Å². The van der Waals surface area contributed by atoms with Crippen LogP contribution in [0.1, 0.15) is 35.7 Å². The molecule has 1 aromatic carbocycles. The van der Waals surface area contributed by atoms with Crippen LogP contribution in [0.4, 0.5) is 4.39 Å². The average molecular weight is 281 g/mol. The molecule has 1 N–H and O–H groups in total. The summed E-state index contributed by atoms with van der Waals surface area (Å²) < 4.78 is 13.8. The number of rotatable bonds is 3. The zero-order chi connectivity index (χ0) is 14.0. The van der Waals surface area contributed by atoms with E-state index in [4.69, 9.17) is 11.6 Å². The van der Waals surface area contributed by atoms with Crippen molar-refractivity contribution in [3.05, 3.63) is 57.9 Å². The lowest BCUT2D eigenvalue weighted by molar-refractivity contribution is 0.197. The topological polar surface area (TPSA) is 46.0 Å². The highest BCUT2D eigenvalue weighted by molar-refractivity contribution is 6.30. The Morgan fingerprint density at radius 3 is 2.79 bits per heavy atom. The Morgan fingerprint density at radius 2 is 2.16 bits per heavy atom. The maximum atomic E-state index is 13.8. The van der Waals surface area contributed by atoms with Gasteiger partial charge in [-0.3, -0.25) is 0 Å². The Labute approximate surface area is 116 Å². The molecule has 0 saturated carbocycles. The van der Waals surface area contributed by atoms with Crippen molar-refractivity contribution in [3.8, 4) is 0 Å². The van der Waals surface area contributed by atoms with Gasteiger partial charge in [0.1, 0.15) is 11.6 Å². The van der Waals surface area contributed by atoms with E-state index in [-0.39, 0.29) is 11.4 Å². The Morgan fingerprint density at radius 1 is 1.42 bits per heavy atom. The summed E-state index contributed by atoms with van der Waals surface area (Å²) >= 11 is 5.73. The van der Waals surface area contributed by atoms with Gasteiger partial charge >= 0.3 is 0 Å². The van der Waals surface area contributed by atoms with Crippen molar-refractivity contribution in [1.29, 1.82) is 0 Å². The zero-order valence-electron chi connectivity index (χ0n) is 10.7. The highest BCUT2D eigenvalue weighted by Crippen LogP contribution is 2.20. The fourth-order valence-corrected chi connectivity index (χ4v) is 2.07. The van der Waals surface area contributed by atoms with Crippen LogP contribution in [0.25, 0.3) is 0 Å². The van der Waals surface area contributed by atoms with E-state index in [9.17, 15) is 9.50 Å². The molecule has 1 atom stereocenters. The summed E-state index contributed by atoms with van der Waals surface area (Å²) in [5, 5.41) is 9.60. The smallest absolute Gasteiger partial charge is 0.145 e. The van der Waals surface area contributed by atoms with Crippen LogP contribution in [-0.2, 0) is 6.42 Å². The van der Waals surface area contributed by atoms with E-state index in [1.54, 1.807) is 32.2 Å². The predicted octanol–water partition coefficient (Wildman–Crippen LogP) is 3.22. The lowest BCUT2D eigenvalue weighted by atomic mass is 10.1. The van der Waals surface area contributed by atoms with E-state index >= 15 is 0 Å². The predicted molar refractivity (Wildman–Crippen MR) is 71.6 cm³/mol. The van der Waals surface area contributed by atoms with Gasteiger partial charge in [0.25, 0.3) is 0 Å². The minimum absolute atomic E-state index is 0.0924. The van der Waals surface area contributed by atoms with Crippen molar-refractivity contribution in [2.24, 2.45) is 0 Å². The first-order chi connectivity index (χ1) is 8.99. The second-order valence-corrected chi connectivity index (χ2v) is 4.80. The molecule has 2 aromatic rings. The molecule has 100 valence electrons. The van der Waals surface area contributed by atoms with Crippen LogP contribution in [0.5, 0.6) is 0 Å². The van der Waals surface area contributed by atoms with E-state index in [0.717, 1.165) is 0 Å². The molecule has 1 heterocycles. The van der Waals surface area contributed by atoms with Crippen LogP contribution >= 0.6 is 11.6 Å². The fourth-order valence-electron chi connectivity index (χ4n) is 1.88. The summed E-state index contributed by atoms with van der Waals surface area (Å²) in [6.45, 7) is 3.45. The van der Waals surface area contributed by atoms with Crippen LogP contribution in [0.3, 0.4) is 0 Å². The highest BCUT2D eigenvalue weighted by atomic mass is 35.5. The van der Waals surface area contributed by atoms with Crippen LogP contribution in [-0.4, -0.2) is 15.1 Å². The van der Waals surface area contributed by atoms with Crippen molar-refractivity contribution < 1.29 is 9.50 Å². The molecule has 0 aliphatic carbocycles. The molecule has 0 saturated heterocycles. The van der Waals surface area contributed by atoms with Crippen LogP contribution < -0.4 is 0 Å². The molecule has 3 nitrogen and oxygen atoms in total. The monoisotopic (exact) mass is 280 g/mol. The zero-order valence-corrected chi connectivity index (χ0v) is 11.4. The number of aryl methyl sites for hydroxylation is 1. The maximum absolute atomic E-state index is 13.8. The van der Waals surface area contributed by atoms with E-state index in [1.165, 1.54) is 6.07 Å². The van der Waals surface area contributed by atoms with Gasteiger partial charge in [0, 0.05) is 23.9 Å². The van der Waals surface area contributed by atoms with Crippen molar-refractivity contribution >= 4 is 11.6 Å². The van der Waals surface area contributed by atoms with E-state index < -0.39 is 11.9 Å². The van der Waals surface area contributed by atoms with Gasteiger partial charge in [-0.1, -0.05) is 23.7 Å². The van der Waals surface area contributed by atoms with Crippen LogP contribution in [0.2, 0.25) is 5.02 Å². The number of aliphatic hydroxyl groups is 1. The first-order valence-electron chi connectivity index (χ1n) is 5.92. The first kappa shape index (κ1) is 13.9.